The van der Waals surface area contributed by atoms with Crippen LogP contribution in [0.1, 0.15) is 18.0 Å². The summed E-state index contributed by atoms with van der Waals surface area (Å²) in [4.78, 5) is 45.6. The molecule has 0 fully saturated rings. The van der Waals surface area contributed by atoms with Crippen LogP contribution in [0.15, 0.2) is 30.3 Å². The third-order valence-corrected chi connectivity index (χ3v) is 2.86. The number of hydrogen-bond donors (Lipinski definition) is 5. The van der Waals surface area contributed by atoms with E-state index >= 15 is 0 Å². The first kappa shape index (κ1) is 18.1. The van der Waals surface area contributed by atoms with E-state index in [0.717, 1.165) is 0 Å². The molecule has 1 aromatic carbocycles. The van der Waals surface area contributed by atoms with Gasteiger partial charge >= 0.3 is 5.97 Å². The van der Waals surface area contributed by atoms with Crippen molar-refractivity contribution in [2.24, 2.45) is 5.73 Å². The highest BCUT2D eigenvalue weighted by atomic mass is 16.4. The molecule has 124 valence electrons. The quantitative estimate of drug-likeness (QED) is 0.383. The number of hydrogen-bond acceptors (Lipinski definition) is 5. The zero-order valence-corrected chi connectivity index (χ0v) is 12.1. The van der Waals surface area contributed by atoms with Gasteiger partial charge in [-0.3, -0.25) is 14.4 Å². The number of nitrogens with one attached hydrogen (secondary N) is 2. The lowest BCUT2D eigenvalue weighted by atomic mass is 10.1. The van der Waals surface area contributed by atoms with Crippen molar-refractivity contribution >= 4 is 23.7 Å². The number of aliphatic hydroxyl groups is 1. The Morgan fingerprint density at radius 1 is 1.09 bits per heavy atom. The van der Waals surface area contributed by atoms with Gasteiger partial charge in [0, 0.05) is 0 Å². The molecule has 0 aliphatic carbocycles. The number of amides is 3. The summed E-state index contributed by atoms with van der Waals surface area (Å²) in [6.45, 7) is -0.833. The summed E-state index contributed by atoms with van der Waals surface area (Å²) in [5.74, 6) is -3.98. The van der Waals surface area contributed by atoms with Crippen LogP contribution in [0.4, 0.5) is 0 Å². The van der Waals surface area contributed by atoms with Gasteiger partial charge in [0.25, 0.3) is 0 Å². The van der Waals surface area contributed by atoms with Gasteiger partial charge in [-0.1, -0.05) is 30.3 Å². The molecule has 3 amide bonds. The molecule has 0 saturated carbocycles. The SMILES string of the molecule is NC(=O)C[C@H](NC(=O)[C@H](NC(=O)CO)c1ccccc1)C(=O)O. The summed E-state index contributed by atoms with van der Waals surface area (Å²) < 4.78 is 0. The van der Waals surface area contributed by atoms with Crippen LogP contribution < -0.4 is 16.4 Å². The molecule has 6 N–H and O–H groups in total. The lowest BCUT2D eigenvalue weighted by Gasteiger charge is -2.21. The molecule has 2 atom stereocenters. The van der Waals surface area contributed by atoms with Crippen LogP contribution in [0, 0.1) is 0 Å². The maximum absolute atomic E-state index is 12.3. The molecule has 23 heavy (non-hydrogen) atoms. The van der Waals surface area contributed by atoms with Crippen molar-refractivity contribution in [3.05, 3.63) is 35.9 Å². The van der Waals surface area contributed by atoms with Gasteiger partial charge in [-0.05, 0) is 5.56 Å². The molecule has 1 rings (SSSR count). The van der Waals surface area contributed by atoms with E-state index in [4.69, 9.17) is 15.9 Å². The minimum absolute atomic E-state index is 0.384. The zero-order chi connectivity index (χ0) is 17.4. The summed E-state index contributed by atoms with van der Waals surface area (Å²) in [6.07, 6.45) is -0.587. The van der Waals surface area contributed by atoms with Crippen LogP contribution in [-0.2, 0) is 19.2 Å². The number of aliphatic hydroxyl groups excluding tert-OH is 1. The van der Waals surface area contributed by atoms with Crippen molar-refractivity contribution in [3.8, 4) is 0 Å². The Labute approximate surface area is 131 Å². The number of primary amides is 1. The molecule has 0 aliphatic rings. The molecular weight excluding hydrogens is 306 g/mol. The largest absolute Gasteiger partial charge is 0.480 e. The van der Waals surface area contributed by atoms with Gasteiger partial charge in [-0.2, -0.15) is 0 Å². The van der Waals surface area contributed by atoms with Crippen LogP contribution in [0.2, 0.25) is 0 Å². The maximum Gasteiger partial charge on any atom is 0.326 e. The lowest BCUT2D eigenvalue weighted by Crippen LogP contribution is -2.48. The highest BCUT2D eigenvalue weighted by molar-refractivity contribution is 5.93. The number of carbonyl (C=O) groups excluding carboxylic acids is 3. The molecule has 0 bridgehead atoms. The van der Waals surface area contributed by atoms with Crippen LogP contribution >= 0.6 is 0 Å². The number of carboxylic acid groups (broad SMARTS) is 1. The van der Waals surface area contributed by atoms with Crippen LogP contribution in [-0.4, -0.2) is 46.6 Å². The van der Waals surface area contributed by atoms with E-state index in [1.54, 1.807) is 30.3 Å². The standard InChI is InChI=1S/C14H17N3O6/c15-10(19)6-9(14(22)23)16-13(21)12(17-11(20)7-18)8-4-2-1-3-5-8/h1-5,9,12,18H,6-7H2,(H2,15,19)(H,16,21)(H,17,20)(H,22,23)/t9-,12+/m0/s1. The van der Waals surface area contributed by atoms with E-state index in [-0.39, 0.29) is 0 Å². The number of aliphatic carboxylic acids is 1. The van der Waals surface area contributed by atoms with Crippen LogP contribution in [0.3, 0.4) is 0 Å². The van der Waals surface area contributed by atoms with Crippen molar-refractivity contribution in [2.45, 2.75) is 18.5 Å². The van der Waals surface area contributed by atoms with Gasteiger partial charge in [0.1, 0.15) is 18.7 Å². The van der Waals surface area contributed by atoms with Crippen LogP contribution in [0.25, 0.3) is 0 Å². The first-order chi connectivity index (χ1) is 10.8. The molecular formula is C14H17N3O6. The summed E-state index contributed by atoms with van der Waals surface area (Å²) in [7, 11) is 0. The van der Waals surface area contributed by atoms with Crippen molar-refractivity contribution in [1.29, 1.82) is 0 Å². The molecule has 0 radical (unpaired) electrons. The number of nitrogens with two attached hydrogens (primary N) is 1. The summed E-state index contributed by atoms with van der Waals surface area (Å²) in [6, 6.07) is 5.30. The molecule has 9 heteroatoms. The van der Waals surface area contributed by atoms with Gasteiger partial charge in [-0.25, -0.2) is 4.79 Å². The third kappa shape index (κ3) is 5.75. The fourth-order valence-electron chi connectivity index (χ4n) is 1.81. The molecule has 0 aromatic heterocycles. The lowest BCUT2D eigenvalue weighted by molar-refractivity contribution is -0.143. The number of carboxylic acids is 1. The Balaban J connectivity index is 2.96. The van der Waals surface area contributed by atoms with Crippen molar-refractivity contribution in [3.63, 3.8) is 0 Å². The first-order valence-corrected chi connectivity index (χ1v) is 6.61. The normalized spacial score (nSPS) is 12.7. The van der Waals surface area contributed by atoms with Gasteiger partial charge in [-0.15, -0.1) is 0 Å². The summed E-state index contributed by atoms with van der Waals surface area (Å²) >= 11 is 0. The molecule has 0 heterocycles. The molecule has 1 aromatic rings. The summed E-state index contributed by atoms with van der Waals surface area (Å²) in [5.41, 5.74) is 5.32. The van der Waals surface area contributed by atoms with E-state index in [9.17, 15) is 19.2 Å². The molecule has 9 nitrogen and oxygen atoms in total. The predicted molar refractivity (Wildman–Crippen MR) is 77.8 cm³/mol. The second-order valence-electron chi connectivity index (χ2n) is 4.64. The third-order valence-electron chi connectivity index (χ3n) is 2.86. The van der Waals surface area contributed by atoms with Gasteiger partial charge in [0.2, 0.25) is 17.7 Å². The van der Waals surface area contributed by atoms with Gasteiger partial charge in [0.15, 0.2) is 0 Å². The molecule has 0 saturated heterocycles. The fourth-order valence-corrected chi connectivity index (χ4v) is 1.81. The monoisotopic (exact) mass is 323 g/mol. The van der Waals surface area contributed by atoms with Crippen molar-refractivity contribution < 1.29 is 29.4 Å². The topological polar surface area (TPSA) is 159 Å². The number of rotatable bonds is 8. The summed E-state index contributed by atoms with van der Waals surface area (Å²) in [5, 5.41) is 22.2. The first-order valence-electron chi connectivity index (χ1n) is 6.61. The maximum atomic E-state index is 12.3. The number of benzene rings is 1. The molecule has 0 unspecified atom stereocenters. The van der Waals surface area contributed by atoms with Crippen LogP contribution in [0.5, 0.6) is 0 Å². The van der Waals surface area contributed by atoms with E-state index in [1.165, 1.54) is 0 Å². The minimum Gasteiger partial charge on any atom is -0.480 e. The highest BCUT2D eigenvalue weighted by Crippen LogP contribution is 2.13. The Hall–Kier alpha value is -2.94. The average Bonchev–Trinajstić information content (AvgIpc) is 2.51. The van der Waals surface area contributed by atoms with E-state index in [0.29, 0.717) is 5.56 Å². The predicted octanol–water partition coefficient (Wildman–Crippen LogP) is -1.72. The van der Waals surface area contributed by atoms with Crippen molar-refractivity contribution in [1.82, 2.24) is 10.6 Å². The Bertz CT molecular complexity index is 589. The Morgan fingerprint density at radius 2 is 1.70 bits per heavy atom. The Kier molecular flexibility index (Phi) is 6.68. The zero-order valence-electron chi connectivity index (χ0n) is 12.1. The average molecular weight is 323 g/mol. The fraction of sp³-hybridized carbons (Fsp3) is 0.286. The second kappa shape index (κ2) is 8.49. The second-order valence-corrected chi connectivity index (χ2v) is 4.64. The molecule has 0 aliphatic heterocycles. The smallest absolute Gasteiger partial charge is 0.326 e. The number of carbonyl (C=O) groups is 4. The minimum atomic E-state index is -1.52. The van der Waals surface area contributed by atoms with E-state index in [2.05, 4.69) is 10.6 Å². The van der Waals surface area contributed by atoms with Gasteiger partial charge in [0.05, 0.1) is 6.42 Å². The van der Waals surface area contributed by atoms with E-state index < -0.39 is 48.8 Å². The Morgan fingerprint density at radius 3 is 2.17 bits per heavy atom. The highest BCUT2D eigenvalue weighted by Gasteiger charge is 2.28. The van der Waals surface area contributed by atoms with Crippen molar-refractivity contribution in [2.75, 3.05) is 6.61 Å². The van der Waals surface area contributed by atoms with E-state index in [1.807, 2.05) is 0 Å². The van der Waals surface area contributed by atoms with Gasteiger partial charge < -0.3 is 26.6 Å². The molecule has 0 spiro atoms.